The molecule has 2 N–H and O–H groups in total. The molecule has 1 atom stereocenters. The number of amides is 2. The molecule has 0 aliphatic carbocycles. The zero-order chi connectivity index (χ0) is 19.2. The Hall–Kier alpha value is -2.82. The molecule has 0 spiro atoms. The number of nitrogens with zero attached hydrogens (tertiary/aromatic N) is 1. The van der Waals surface area contributed by atoms with Crippen LogP contribution >= 0.6 is 0 Å². The Morgan fingerprint density at radius 1 is 1.00 bits per heavy atom. The number of anilines is 2. The largest absolute Gasteiger partial charge is 0.372 e. The van der Waals surface area contributed by atoms with Crippen molar-refractivity contribution in [3.63, 3.8) is 0 Å². The van der Waals surface area contributed by atoms with Crippen molar-refractivity contribution >= 4 is 23.2 Å². The number of carbonyl (C=O) groups excluding carboxylic acids is 2. The van der Waals surface area contributed by atoms with Crippen molar-refractivity contribution in [3.05, 3.63) is 59.7 Å². The fraction of sp³-hybridized carbons (Fsp3) is 0.364. The monoisotopic (exact) mass is 365 g/mol. The van der Waals surface area contributed by atoms with Gasteiger partial charge in [0.2, 0.25) is 0 Å². The first kappa shape index (κ1) is 19.0. The first-order valence-electron chi connectivity index (χ1n) is 9.64. The quantitative estimate of drug-likeness (QED) is 0.811. The fourth-order valence-electron chi connectivity index (χ4n) is 3.15. The lowest BCUT2D eigenvalue weighted by molar-refractivity contribution is 0.0939. The van der Waals surface area contributed by atoms with Crippen molar-refractivity contribution in [1.82, 2.24) is 5.32 Å². The average Bonchev–Trinajstić information content (AvgIpc) is 3.23. The normalized spacial score (nSPS) is 14.7. The van der Waals surface area contributed by atoms with Crippen LogP contribution in [0, 0.1) is 0 Å². The van der Waals surface area contributed by atoms with Crippen LogP contribution in [-0.4, -0.2) is 30.9 Å². The number of rotatable bonds is 6. The highest BCUT2D eigenvalue weighted by Gasteiger charge is 2.14. The van der Waals surface area contributed by atoms with Crippen molar-refractivity contribution in [2.45, 2.75) is 39.2 Å². The summed E-state index contributed by atoms with van der Waals surface area (Å²) in [7, 11) is 0. The maximum atomic E-state index is 12.6. The summed E-state index contributed by atoms with van der Waals surface area (Å²) >= 11 is 0. The van der Waals surface area contributed by atoms with Crippen LogP contribution in [0.15, 0.2) is 48.5 Å². The Balaban J connectivity index is 1.65. The molecule has 27 heavy (non-hydrogen) atoms. The molecule has 1 unspecified atom stereocenters. The highest BCUT2D eigenvalue weighted by Crippen LogP contribution is 2.22. The highest BCUT2D eigenvalue weighted by molar-refractivity contribution is 6.06. The van der Waals surface area contributed by atoms with E-state index in [0.29, 0.717) is 11.1 Å². The van der Waals surface area contributed by atoms with Crippen LogP contribution in [0.2, 0.25) is 0 Å². The van der Waals surface area contributed by atoms with Crippen LogP contribution in [-0.2, 0) is 0 Å². The SMILES string of the molecule is CCC(C)NC(=O)c1cccc(C(=O)Nc2ccc(N3CCCC3)cc2)c1. The van der Waals surface area contributed by atoms with E-state index in [1.807, 2.05) is 38.1 Å². The summed E-state index contributed by atoms with van der Waals surface area (Å²) in [6.07, 6.45) is 3.33. The smallest absolute Gasteiger partial charge is 0.255 e. The van der Waals surface area contributed by atoms with Gasteiger partial charge in [-0.1, -0.05) is 13.0 Å². The second-order valence-corrected chi connectivity index (χ2v) is 7.06. The number of hydrogen-bond acceptors (Lipinski definition) is 3. The maximum Gasteiger partial charge on any atom is 0.255 e. The van der Waals surface area contributed by atoms with Crippen LogP contribution in [0.3, 0.4) is 0 Å². The molecule has 0 bridgehead atoms. The minimum absolute atomic E-state index is 0.101. The Morgan fingerprint density at radius 2 is 1.63 bits per heavy atom. The van der Waals surface area contributed by atoms with Gasteiger partial charge in [-0.05, 0) is 68.7 Å². The first-order chi connectivity index (χ1) is 13.1. The van der Waals surface area contributed by atoms with Crippen molar-refractivity contribution in [3.8, 4) is 0 Å². The van der Waals surface area contributed by atoms with Crippen molar-refractivity contribution in [1.29, 1.82) is 0 Å². The van der Waals surface area contributed by atoms with E-state index in [2.05, 4.69) is 15.5 Å². The molecule has 5 heteroatoms. The number of benzene rings is 2. The summed E-state index contributed by atoms with van der Waals surface area (Å²) in [6, 6.07) is 14.8. The lowest BCUT2D eigenvalue weighted by atomic mass is 10.1. The molecule has 1 aliphatic rings. The van der Waals surface area contributed by atoms with E-state index in [-0.39, 0.29) is 17.9 Å². The van der Waals surface area contributed by atoms with E-state index in [4.69, 9.17) is 0 Å². The topological polar surface area (TPSA) is 61.4 Å². The Morgan fingerprint density at radius 3 is 2.26 bits per heavy atom. The van der Waals surface area contributed by atoms with E-state index in [9.17, 15) is 9.59 Å². The Kier molecular flexibility index (Phi) is 6.12. The van der Waals surface area contributed by atoms with Crippen LogP contribution in [0.25, 0.3) is 0 Å². The van der Waals surface area contributed by atoms with Gasteiger partial charge in [0.15, 0.2) is 0 Å². The number of hydrogen-bond donors (Lipinski definition) is 2. The van der Waals surface area contributed by atoms with Crippen LogP contribution in [0.1, 0.15) is 53.8 Å². The van der Waals surface area contributed by atoms with Crippen molar-refractivity contribution < 1.29 is 9.59 Å². The summed E-state index contributed by atoms with van der Waals surface area (Å²) in [4.78, 5) is 27.2. The third-order valence-corrected chi connectivity index (χ3v) is 4.97. The fourth-order valence-corrected chi connectivity index (χ4v) is 3.15. The van der Waals surface area contributed by atoms with Crippen LogP contribution in [0.4, 0.5) is 11.4 Å². The molecule has 142 valence electrons. The molecule has 0 saturated carbocycles. The predicted molar refractivity (Wildman–Crippen MR) is 110 cm³/mol. The van der Waals surface area contributed by atoms with E-state index >= 15 is 0 Å². The Labute approximate surface area is 160 Å². The summed E-state index contributed by atoms with van der Waals surface area (Å²) in [6.45, 7) is 6.17. The van der Waals surface area contributed by atoms with Gasteiger partial charge in [-0.25, -0.2) is 0 Å². The van der Waals surface area contributed by atoms with Crippen LogP contribution < -0.4 is 15.5 Å². The predicted octanol–water partition coefficient (Wildman–Crippen LogP) is 4.07. The molecular weight excluding hydrogens is 338 g/mol. The second-order valence-electron chi connectivity index (χ2n) is 7.06. The van der Waals surface area contributed by atoms with Gasteiger partial charge in [-0.15, -0.1) is 0 Å². The molecule has 2 amide bonds. The summed E-state index contributed by atoms with van der Waals surface area (Å²) in [5.74, 6) is -0.379. The molecule has 1 aliphatic heterocycles. The number of nitrogens with one attached hydrogen (secondary N) is 2. The molecular formula is C22H27N3O2. The first-order valence-corrected chi connectivity index (χ1v) is 9.64. The summed E-state index contributed by atoms with van der Waals surface area (Å²) in [5, 5.41) is 5.82. The third kappa shape index (κ3) is 4.88. The summed E-state index contributed by atoms with van der Waals surface area (Å²) in [5.41, 5.74) is 2.90. The molecule has 2 aromatic carbocycles. The zero-order valence-electron chi connectivity index (χ0n) is 16.0. The highest BCUT2D eigenvalue weighted by atomic mass is 16.2. The van der Waals surface area contributed by atoms with E-state index < -0.39 is 0 Å². The minimum atomic E-state index is -0.220. The van der Waals surface area contributed by atoms with E-state index in [1.165, 1.54) is 18.5 Å². The molecule has 1 heterocycles. The average molecular weight is 365 g/mol. The molecule has 1 fully saturated rings. The second kappa shape index (κ2) is 8.71. The van der Waals surface area contributed by atoms with Crippen LogP contribution in [0.5, 0.6) is 0 Å². The van der Waals surface area contributed by atoms with Gasteiger partial charge in [-0.3, -0.25) is 9.59 Å². The molecule has 3 rings (SSSR count). The van der Waals surface area contributed by atoms with E-state index in [1.54, 1.807) is 24.3 Å². The van der Waals surface area contributed by atoms with Gasteiger partial charge in [-0.2, -0.15) is 0 Å². The van der Waals surface area contributed by atoms with Gasteiger partial charge >= 0.3 is 0 Å². The molecule has 0 radical (unpaired) electrons. The van der Waals surface area contributed by atoms with Gasteiger partial charge in [0.25, 0.3) is 11.8 Å². The van der Waals surface area contributed by atoms with Gasteiger partial charge in [0.05, 0.1) is 0 Å². The summed E-state index contributed by atoms with van der Waals surface area (Å²) < 4.78 is 0. The van der Waals surface area contributed by atoms with Gasteiger partial charge in [0.1, 0.15) is 0 Å². The van der Waals surface area contributed by atoms with Gasteiger partial charge in [0, 0.05) is 41.6 Å². The van der Waals surface area contributed by atoms with Crippen molar-refractivity contribution in [2.75, 3.05) is 23.3 Å². The maximum absolute atomic E-state index is 12.6. The lowest BCUT2D eigenvalue weighted by Gasteiger charge is -2.17. The third-order valence-electron chi connectivity index (χ3n) is 4.97. The molecule has 2 aromatic rings. The lowest BCUT2D eigenvalue weighted by Crippen LogP contribution is -2.32. The molecule has 1 saturated heterocycles. The molecule has 0 aromatic heterocycles. The van der Waals surface area contributed by atoms with Gasteiger partial charge < -0.3 is 15.5 Å². The van der Waals surface area contributed by atoms with E-state index in [0.717, 1.165) is 25.2 Å². The standard InChI is InChI=1S/C22H27N3O2/c1-3-16(2)23-21(26)17-7-6-8-18(15-17)22(27)24-19-9-11-20(12-10-19)25-13-4-5-14-25/h6-12,15-16H,3-5,13-14H2,1-2H3,(H,23,26)(H,24,27). The minimum Gasteiger partial charge on any atom is -0.372 e. The van der Waals surface area contributed by atoms with Crippen molar-refractivity contribution in [2.24, 2.45) is 0 Å². The zero-order valence-corrected chi connectivity index (χ0v) is 16.0. The number of carbonyl (C=O) groups is 2. The molecule has 5 nitrogen and oxygen atoms in total. The Bertz CT molecular complexity index is 795.